The van der Waals surface area contributed by atoms with Gasteiger partial charge in [-0.15, -0.1) is 24.0 Å². The first-order chi connectivity index (χ1) is 6.24. The number of benzene rings is 1. The minimum absolute atomic E-state index is 0.832. The molecule has 0 spiro atoms. The lowest BCUT2D eigenvalue weighted by Crippen LogP contribution is -1.83. The summed E-state index contributed by atoms with van der Waals surface area (Å²) in [6, 6.07) is 4.24. The van der Waals surface area contributed by atoms with Gasteiger partial charge in [0.15, 0.2) is 0 Å². The number of thiophene rings is 1. The summed E-state index contributed by atoms with van der Waals surface area (Å²) in [6.45, 7) is 0. The van der Waals surface area contributed by atoms with Crippen molar-refractivity contribution in [2.75, 3.05) is 0 Å². The molecule has 0 saturated heterocycles. The van der Waals surface area contributed by atoms with Crippen LogP contribution in [0.4, 0.5) is 0 Å². The van der Waals surface area contributed by atoms with Crippen LogP contribution in [0.3, 0.4) is 0 Å². The van der Waals surface area contributed by atoms with E-state index in [2.05, 4.69) is 62.0 Å². The van der Waals surface area contributed by atoms with Gasteiger partial charge in [0, 0.05) is 24.8 Å². The van der Waals surface area contributed by atoms with Crippen LogP contribution in [-0.2, 0) is 5.33 Å². The molecule has 2 aromatic rings. The van der Waals surface area contributed by atoms with Gasteiger partial charge in [0.1, 0.15) is 0 Å². The van der Waals surface area contributed by atoms with E-state index >= 15 is 0 Å². The molecule has 0 bridgehead atoms. The van der Waals surface area contributed by atoms with Gasteiger partial charge >= 0.3 is 0 Å². The summed E-state index contributed by atoms with van der Waals surface area (Å²) in [6.07, 6.45) is 0. The zero-order valence-corrected chi connectivity index (χ0v) is 11.4. The third-order valence-corrected chi connectivity index (χ3v) is 4.64. The summed E-state index contributed by atoms with van der Waals surface area (Å²) >= 11 is 13.2. The van der Waals surface area contributed by atoms with Crippen LogP contribution in [0.5, 0.6) is 0 Å². The highest BCUT2D eigenvalue weighted by atomic mass is 79.9. The largest absolute Gasteiger partial charge is 0.144 e. The zero-order chi connectivity index (χ0) is 9.42. The Bertz CT molecular complexity index is 448. The summed E-state index contributed by atoms with van der Waals surface area (Å²) < 4.78 is 2.44. The molecule has 1 aromatic heterocycles. The molecule has 13 heavy (non-hydrogen) atoms. The summed E-state index contributed by atoms with van der Waals surface area (Å²) in [5.74, 6) is 0. The summed E-state index contributed by atoms with van der Waals surface area (Å²) in [5.41, 5.74) is 1.22. The quantitative estimate of drug-likeness (QED) is 0.558. The molecular formula is C9H6Br2S2. The van der Waals surface area contributed by atoms with Gasteiger partial charge in [0.2, 0.25) is 0 Å². The van der Waals surface area contributed by atoms with E-state index in [1.54, 1.807) is 11.3 Å². The van der Waals surface area contributed by atoms with E-state index in [4.69, 9.17) is 0 Å². The molecule has 0 aliphatic heterocycles. The fraction of sp³-hybridized carbons (Fsp3) is 0.111. The van der Waals surface area contributed by atoms with Crippen molar-refractivity contribution in [1.82, 2.24) is 0 Å². The first-order valence-corrected chi connectivity index (χ1v) is 6.91. The number of fused-ring (bicyclic) bond motifs is 1. The minimum Gasteiger partial charge on any atom is -0.144 e. The summed E-state index contributed by atoms with van der Waals surface area (Å²) in [7, 11) is 0. The van der Waals surface area contributed by atoms with Crippen LogP contribution in [0.25, 0.3) is 10.1 Å². The van der Waals surface area contributed by atoms with Gasteiger partial charge < -0.3 is 0 Å². The number of hydrogen-bond donors (Lipinski definition) is 1. The van der Waals surface area contributed by atoms with Gasteiger partial charge in [-0.05, 0) is 39.0 Å². The van der Waals surface area contributed by atoms with E-state index in [1.807, 2.05) is 0 Å². The van der Waals surface area contributed by atoms with E-state index in [0.29, 0.717) is 0 Å². The first-order valence-electron chi connectivity index (χ1n) is 3.67. The molecule has 0 N–H and O–H groups in total. The monoisotopic (exact) mass is 336 g/mol. The molecule has 4 heteroatoms. The lowest BCUT2D eigenvalue weighted by molar-refractivity contribution is 1.30. The molecule has 0 amide bonds. The van der Waals surface area contributed by atoms with Crippen LogP contribution in [0.2, 0.25) is 0 Å². The van der Waals surface area contributed by atoms with Crippen molar-refractivity contribution >= 4 is 65.9 Å². The molecule has 1 heterocycles. The Kier molecular flexibility index (Phi) is 3.03. The van der Waals surface area contributed by atoms with Crippen LogP contribution in [-0.4, -0.2) is 0 Å². The molecule has 0 atom stereocenters. The lowest BCUT2D eigenvalue weighted by Gasteiger charge is -2.05. The van der Waals surface area contributed by atoms with E-state index < -0.39 is 0 Å². The number of thiol groups is 1. The van der Waals surface area contributed by atoms with Gasteiger partial charge in [-0.3, -0.25) is 0 Å². The highest BCUT2D eigenvalue weighted by Gasteiger charge is 2.08. The number of halogens is 2. The number of rotatable bonds is 1. The molecular weight excluding hydrogens is 332 g/mol. The molecule has 0 aliphatic carbocycles. The second-order valence-electron chi connectivity index (χ2n) is 2.65. The van der Waals surface area contributed by atoms with Crippen LogP contribution < -0.4 is 0 Å². The van der Waals surface area contributed by atoms with Crippen molar-refractivity contribution in [3.8, 4) is 0 Å². The fourth-order valence-electron chi connectivity index (χ4n) is 1.23. The smallest absolute Gasteiger partial charge is 0.0365 e. The molecule has 0 unspecified atom stereocenters. The third-order valence-electron chi connectivity index (χ3n) is 1.91. The molecule has 0 aliphatic rings. The molecule has 0 radical (unpaired) electrons. The molecule has 0 saturated carbocycles. The maximum Gasteiger partial charge on any atom is 0.0365 e. The average Bonchev–Trinajstić information content (AvgIpc) is 2.53. The van der Waals surface area contributed by atoms with E-state index in [-0.39, 0.29) is 0 Å². The van der Waals surface area contributed by atoms with E-state index in [9.17, 15) is 0 Å². The van der Waals surface area contributed by atoms with Gasteiger partial charge in [0.25, 0.3) is 0 Å². The Morgan fingerprint density at radius 3 is 2.92 bits per heavy atom. The molecule has 2 rings (SSSR count). The Labute approximate surface area is 103 Å². The van der Waals surface area contributed by atoms with E-state index in [1.165, 1.54) is 15.6 Å². The van der Waals surface area contributed by atoms with Crippen LogP contribution in [0, 0.1) is 0 Å². The Hall–Kier alpha value is 0.490. The van der Waals surface area contributed by atoms with Gasteiger partial charge in [-0.25, -0.2) is 0 Å². The third kappa shape index (κ3) is 1.69. The topological polar surface area (TPSA) is 0 Å². The van der Waals surface area contributed by atoms with Crippen molar-refractivity contribution in [1.29, 1.82) is 0 Å². The van der Waals surface area contributed by atoms with Crippen LogP contribution in [0.15, 0.2) is 26.9 Å². The van der Waals surface area contributed by atoms with Crippen molar-refractivity contribution in [2.24, 2.45) is 0 Å². The normalized spacial score (nSPS) is 11.0. The Morgan fingerprint density at radius 1 is 1.46 bits per heavy atom. The minimum atomic E-state index is 0.832. The van der Waals surface area contributed by atoms with E-state index in [0.717, 1.165) is 14.7 Å². The molecule has 0 nitrogen and oxygen atoms in total. The fourth-order valence-corrected chi connectivity index (χ4v) is 4.63. The SMILES string of the molecule is Sc1cc2sccc2c(Br)c1CBr. The van der Waals surface area contributed by atoms with Crippen molar-refractivity contribution in [2.45, 2.75) is 10.2 Å². The standard InChI is InChI=1S/C9H6Br2S2/c10-4-6-7(12)3-8-5(9(6)11)1-2-13-8/h1-3,12H,4H2. The second-order valence-corrected chi connectivity index (χ2v) is 5.44. The Morgan fingerprint density at radius 2 is 2.23 bits per heavy atom. The summed E-state index contributed by atoms with van der Waals surface area (Å²) in [5, 5.41) is 4.20. The zero-order valence-electron chi connectivity index (χ0n) is 6.55. The maximum atomic E-state index is 4.45. The maximum absolute atomic E-state index is 4.45. The Balaban J connectivity index is 2.85. The lowest BCUT2D eigenvalue weighted by atomic mass is 10.2. The van der Waals surface area contributed by atoms with Gasteiger partial charge in [-0.2, -0.15) is 0 Å². The first kappa shape index (κ1) is 10.0. The highest BCUT2D eigenvalue weighted by Crippen LogP contribution is 2.36. The molecule has 1 aromatic carbocycles. The predicted octanol–water partition coefficient (Wildman–Crippen LogP) is 4.85. The summed E-state index contributed by atoms with van der Waals surface area (Å²) in [4.78, 5) is 1.04. The number of hydrogen-bond acceptors (Lipinski definition) is 2. The van der Waals surface area contributed by atoms with Gasteiger partial charge in [0.05, 0.1) is 0 Å². The number of alkyl halides is 1. The van der Waals surface area contributed by atoms with Gasteiger partial charge in [-0.1, -0.05) is 15.9 Å². The van der Waals surface area contributed by atoms with Crippen LogP contribution in [0.1, 0.15) is 5.56 Å². The van der Waals surface area contributed by atoms with Crippen molar-refractivity contribution in [3.63, 3.8) is 0 Å². The predicted molar refractivity (Wildman–Crippen MR) is 69.4 cm³/mol. The highest BCUT2D eigenvalue weighted by molar-refractivity contribution is 9.11. The molecule has 0 fully saturated rings. The average molecular weight is 338 g/mol. The van der Waals surface area contributed by atoms with Crippen molar-refractivity contribution in [3.05, 3.63) is 27.5 Å². The van der Waals surface area contributed by atoms with Crippen molar-refractivity contribution < 1.29 is 0 Å². The molecule has 68 valence electrons. The second kappa shape index (κ2) is 3.93. The van der Waals surface area contributed by atoms with Crippen LogP contribution >= 0.6 is 55.8 Å².